The van der Waals surface area contributed by atoms with Crippen molar-refractivity contribution in [1.29, 1.82) is 0 Å². The fourth-order valence-corrected chi connectivity index (χ4v) is 4.60. The number of nitrogens with one attached hydrogen (secondary N) is 3. The Hall–Kier alpha value is -3.40. The standard InChI is InChI=1S/C26H24ClN3O4S2/c1-3-23(24(32)30-22-13-17(25(33)34)9-12-21(22)27)36-20-6-4-5-19(14-20)29-26(35)28-18-10-7-16(8-11-18)15(2)31/h4-14,23H,3H2,1-2H3,(H,30,32)(H,33,34)(H2,28,29,35). The quantitative estimate of drug-likeness (QED) is 0.137. The molecule has 0 radical (unpaired) electrons. The number of amides is 1. The van der Waals surface area contributed by atoms with Gasteiger partial charge in [0.15, 0.2) is 10.9 Å². The molecule has 0 aromatic heterocycles. The van der Waals surface area contributed by atoms with Crippen molar-refractivity contribution in [3.63, 3.8) is 0 Å². The molecule has 0 saturated carbocycles. The van der Waals surface area contributed by atoms with Crippen molar-refractivity contribution in [2.45, 2.75) is 30.4 Å². The molecule has 0 aliphatic carbocycles. The normalized spacial score (nSPS) is 11.3. The van der Waals surface area contributed by atoms with Gasteiger partial charge in [-0.25, -0.2) is 4.79 Å². The van der Waals surface area contributed by atoms with Gasteiger partial charge in [-0.15, -0.1) is 11.8 Å². The third-order valence-electron chi connectivity index (χ3n) is 5.05. The Labute approximate surface area is 223 Å². The van der Waals surface area contributed by atoms with Crippen LogP contribution in [0, 0.1) is 0 Å². The maximum absolute atomic E-state index is 12.9. The van der Waals surface area contributed by atoms with Gasteiger partial charge in [-0.2, -0.15) is 0 Å². The molecule has 186 valence electrons. The third-order valence-corrected chi connectivity index (χ3v) is 6.95. The van der Waals surface area contributed by atoms with Gasteiger partial charge in [-0.05, 0) is 86.2 Å². The summed E-state index contributed by atoms with van der Waals surface area (Å²) < 4.78 is 0. The molecule has 0 bridgehead atoms. The van der Waals surface area contributed by atoms with Gasteiger partial charge in [-0.3, -0.25) is 9.59 Å². The summed E-state index contributed by atoms with van der Waals surface area (Å²) in [5, 5.41) is 18.3. The van der Waals surface area contributed by atoms with Crippen molar-refractivity contribution in [3.8, 4) is 0 Å². The second-order valence-electron chi connectivity index (χ2n) is 7.74. The lowest BCUT2D eigenvalue weighted by atomic mass is 10.1. The average Bonchev–Trinajstić information content (AvgIpc) is 2.84. The van der Waals surface area contributed by atoms with Crippen LogP contribution >= 0.6 is 35.6 Å². The number of ketones is 1. The predicted molar refractivity (Wildman–Crippen MR) is 150 cm³/mol. The maximum Gasteiger partial charge on any atom is 0.335 e. The van der Waals surface area contributed by atoms with E-state index in [1.807, 2.05) is 31.2 Å². The third kappa shape index (κ3) is 7.55. The number of aromatic carboxylic acids is 1. The summed E-state index contributed by atoms with van der Waals surface area (Å²) in [6.45, 7) is 3.41. The number of carbonyl (C=O) groups excluding carboxylic acids is 2. The largest absolute Gasteiger partial charge is 0.478 e. The molecule has 0 aliphatic rings. The number of carbonyl (C=O) groups is 3. The van der Waals surface area contributed by atoms with Crippen LogP contribution in [0.2, 0.25) is 5.02 Å². The van der Waals surface area contributed by atoms with E-state index >= 15 is 0 Å². The highest BCUT2D eigenvalue weighted by Gasteiger charge is 2.20. The number of thioether (sulfide) groups is 1. The van der Waals surface area contributed by atoms with E-state index < -0.39 is 11.2 Å². The molecule has 0 spiro atoms. The lowest BCUT2D eigenvalue weighted by Gasteiger charge is -2.17. The molecule has 0 saturated heterocycles. The molecular formula is C26H24ClN3O4S2. The molecule has 0 fully saturated rings. The Morgan fingerprint density at radius 3 is 2.25 bits per heavy atom. The first-order valence-electron chi connectivity index (χ1n) is 11.0. The van der Waals surface area contributed by atoms with E-state index in [2.05, 4.69) is 16.0 Å². The highest BCUT2D eigenvalue weighted by atomic mass is 35.5. The average molecular weight is 542 g/mol. The fraction of sp³-hybridized carbons (Fsp3) is 0.154. The van der Waals surface area contributed by atoms with E-state index in [-0.39, 0.29) is 28.0 Å². The van der Waals surface area contributed by atoms with Crippen molar-refractivity contribution >= 4 is 75.4 Å². The number of carboxylic acids is 1. The molecule has 3 aromatic carbocycles. The highest BCUT2D eigenvalue weighted by Crippen LogP contribution is 2.30. The first-order valence-corrected chi connectivity index (χ1v) is 12.6. The summed E-state index contributed by atoms with van der Waals surface area (Å²) in [5.74, 6) is -1.39. The molecule has 1 amide bonds. The number of rotatable bonds is 9. The van der Waals surface area contributed by atoms with E-state index in [1.165, 1.54) is 36.9 Å². The maximum atomic E-state index is 12.9. The summed E-state index contributed by atoms with van der Waals surface area (Å²) in [6, 6.07) is 18.7. The van der Waals surface area contributed by atoms with Gasteiger partial charge in [0.2, 0.25) is 5.91 Å². The zero-order chi connectivity index (χ0) is 26.2. The van der Waals surface area contributed by atoms with Crippen LogP contribution in [0.25, 0.3) is 0 Å². The van der Waals surface area contributed by atoms with Crippen LogP contribution in [0.15, 0.2) is 71.6 Å². The van der Waals surface area contributed by atoms with Crippen LogP contribution in [0.3, 0.4) is 0 Å². The topological polar surface area (TPSA) is 108 Å². The van der Waals surface area contributed by atoms with Crippen LogP contribution in [0.4, 0.5) is 17.1 Å². The minimum absolute atomic E-state index is 0.00694. The summed E-state index contributed by atoms with van der Waals surface area (Å²) in [5.41, 5.74) is 2.40. The fourth-order valence-electron chi connectivity index (χ4n) is 3.18. The van der Waals surface area contributed by atoms with Gasteiger partial charge in [-0.1, -0.05) is 24.6 Å². The second-order valence-corrected chi connectivity index (χ2v) is 9.84. The van der Waals surface area contributed by atoms with Crippen LogP contribution < -0.4 is 16.0 Å². The van der Waals surface area contributed by atoms with Crippen LogP contribution in [0.1, 0.15) is 41.0 Å². The SMILES string of the molecule is CCC(Sc1cccc(NC(=S)Nc2ccc(C(C)=O)cc2)c1)C(=O)Nc1cc(C(=O)O)ccc1Cl. The first-order chi connectivity index (χ1) is 17.2. The molecule has 36 heavy (non-hydrogen) atoms. The number of carboxylic acid groups (broad SMARTS) is 1. The molecule has 4 N–H and O–H groups in total. The number of halogens is 1. The molecule has 3 rings (SSSR count). The Bertz CT molecular complexity index is 1300. The van der Waals surface area contributed by atoms with Gasteiger partial charge in [0, 0.05) is 21.8 Å². The zero-order valence-corrected chi connectivity index (χ0v) is 21.9. The summed E-state index contributed by atoms with van der Waals surface area (Å²) in [6.07, 6.45) is 0.542. The van der Waals surface area contributed by atoms with E-state index in [0.717, 1.165) is 16.3 Å². The molecule has 3 aromatic rings. The Morgan fingerprint density at radius 2 is 1.61 bits per heavy atom. The molecule has 0 aliphatic heterocycles. The van der Waals surface area contributed by atoms with Gasteiger partial charge in [0.25, 0.3) is 0 Å². The Kier molecular flexibility index (Phi) is 9.46. The number of hydrogen-bond acceptors (Lipinski definition) is 5. The summed E-state index contributed by atoms with van der Waals surface area (Å²) >= 11 is 12.9. The van der Waals surface area contributed by atoms with Crippen molar-refractivity contribution in [1.82, 2.24) is 0 Å². The Morgan fingerprint density at radius 1 is 0.944 bits per heavy atom. The monoisotopic (exact) mass is 541 g/mol. The van der Waals surface area contributed by atoms with Gasteiger partial charge >= 0.3 is 5.97 Å². The van der Waals surface area contributed by atoms with Gasteiger partial charge in [0.1, 0.15) is 0 Å². The second kappa shape index (κ2) is 12.5. The van der Waals surface area contributed by atoms with Crippen LogP contribution in [-0.2, 0) is 4.79 Å². The van der Waals surface area contributed by atoms with Crippen molar-refractivity contribution < 1.29 is 19.5 Å². The Balaban J connectivity index is 1.63. The number of hydrogen-bond donors (Lipinski definition) is 4. The van der Waals surface area contributed by atoms with Crippen molar-refractivity contribution in [2.75, 3.05) is 16.0 Å². The van der Waals surface area contributed by atoms with E-state index in [4.69, 9.17) is 23.8 Å². The lowest BCUT2D eigenvalue weighted by molar-refractivity contribution is -0.115. The highest BCUT2D eigenvalue weighted by molar-refractivity contribution is 8.00. The van der Waals surface area contributed by atoms with Crippen LogP contribution in [-0.4, -0.2) is 33.1 Å². The molecule has 0 heterocycles. The van der Waals surface area contributed by atoms with Gasteiger partial charge in [0.05, 0.1) is 21.5 Å². The number of anilines is 3. The molecule has 1 atom stereocenters. The smallest absolute Gasteiger partial charge is 0.335 e. The minimum atomic E-state index is -1.10. The molecule has 1 unspecified atom stereocenters. The predicted octanol–water partition coefficient (Wildman–Crippen LogP) is 6.56. The zero-order valence-electron chi connectivity index (χ0n) is 19.5. The van der Waals surface area contributed by atoms with Crippen LogP contribution in [0.5, 0.6) is 0 Å². The lowest BCUT2D eigenvalue weighted by Crippen LogP contribution is -2.25. The number of benzene rings is 3. The first kappa shape index (κ1) is 27.2. The van der Waals surface area contributed by atoms with E-state index in [9.17, 15) is 19.5 Å². The van der Waals surface area contributed by atoms with E-state index in [0.29, 0.717) is 17.1 Å². The van der Waals surface area contributed by atoms with Gasteiger partial charge < -0.3 is 21.1 Å². The molecule has 7 nitrogen and oxygen atoms in total. The minimum Gasteiger partial charge on any atom is -0.478 e. The number of Topliss-reactive ketones (excluding diaryl/α,β-unsaturated/α-hetero) is 1. The summed E-state index contributed by atoms with van der Waals surface area (Å²) in [7, 11) is 0. The van der Waals surface area contributed by atoms with E-state index in [1.54, 1.807) is 24.3 Å². The number of thiocarbonyl (C=S) groups is 1. The molecular weight excluding hydrogens is 518 g/mol. The summed E-state index contributed by atoms with van der Waals surface area (Å²) in [4.78, 5) is 36.4. The van der Waals surface area contributed by atoms with Crippen molar-refractivity contribution in [3.05, 3.63) is 82.9 Å². The molecule has 10 heteroatoms. The van der Waals surface area contributed by atoms with Crippen molar-refractivity contribution in [2.24, 2.45) is 0 Å².